The molecule has 0 amide bonds. The van der Waals surface area contributed by atoms with Gasteiger partial charge in [0.25, 0.3) is 0 Å². The number of carbonyl (C=O) groups is 3. The first-order chi connectivity index (χ1) is 18.4. The minimum atomic E-state index is -2.58. The first-order valence-electron chi connectivity index (χ1n) is 14.1. The number of anilines is 1. The fraction of sp³-hybridized carbons (Fsp3) is 0.645. The number of phenolic OH excluding ortho intramolecular Hbond substituents is 1. The van der Waals surface area contributed by atoms with Gasteiger partial charge in [0.2, 0.25) is 5.78 Å². The molecule has 1 aromatic rings. The number of Topliss-reactive ketones (excluding diaryl/α,β-unsaturated/α-hetero) is 3. The summed E-state index contributed by atoms with van der Waals surface area (Å²) in [6.07, 6.45) is 1.38. The summed E-state index contributed by atoms with van der Waals surface area (Å²) in [5.74, 6) is -6.23. The molecule has 0 heterocycles. The van der Waals surface area contributed by atoms with Gasteiger partial charge in [-0.2, -0.15) is 0 Å². The highest BCUT2D eigenvalue weighted by molar-refractivity contribution is 6.25. The smallest absolute Gasteiger partial charge is 0.202 e. The zero-order valence-electron chi connectivity index (χ0n) is 24.9. The molecule has 0 radical (unpaired) electrons. The number of fused-ring (bicyclic) bond motifs is 3. The zero-order chi connectivity index (χ0) is 30.1. The zero-order valence-corrected chi connectivity index (χ0v) is 24.9. The van der Waals surface area contributed by atoms with E-state index < -0.39 is 58.6 Å². The fourth-order valence-corrected chi connectivity index (χ4v) is 7.23. The summed E-state index contributed by atoms with van der Waals surface area (Å²) >= 11 is 0. The van der Waals surface area contributed by atoms with Gasteiger partial charge in [0.15, 0.2) is 11.4 Å². The maximum atomic E-state index is 14.1. The van der Waals surface area contributed by atoms with E-state index in [0.717, 1.165) is 25.5 Å². The molecule has 3 aliphatic rings. The topological polar surface area (TPSA) is 139 Å². The second-order valence-electron chi connectivity index (χ2n) is 13.6. The van der Waals surface area contributed by atoms with Crippen LogP contribution in [0.4, 0.5) is 5.69 Å². The third kappa shape index (κ3) is 4.65. The van der Waals surface area contributed by atoms with E-state index >= 15 is 0 Å². The molecular weight excluding hydrogens is 512 g/mol. The van der Waals surface area contributed by atoms with Gasteiger partial charge in [0.05, 0.1) is 11.7 Å². The minimum absolute atomic E-state index is 0.0948. The largest absolute Gasteiger partial charge is 0.507 e. The predicted molar refractivity (Wildman–Crippen MR) is 152 cm³/mol. The first-order valence-corrected chi connectivity index (χ1v) is 14.1. The molecule has 0 bridgehead atoms. The Hall–Kier alpha value is -2.75. The van der Waals surface area contributed by atoms with Crippen molar-refractivity contribution >= 4 is 28.8 Å². The molecule has 4 N–H and O–H groups in total. The highest BCUT2D eigenvalue weighted by Crippen LogP contribution is 2.54. The van der Waals surface area contributed by atoms with Gasteiger partial charge < -0.3 is 30.2 Å². The molecule has 0 aromatic heterocycles. The lowest BCUT2D eigenvalue weighted by atomic mass is 9.54. The molecule has 0 aliphatic heterocycles. The van der Waals surface area contributed by atoms with E-state index in [9.17, 15) is 34.8 Å². The van der Waals surface area contributed by atoms with Crippen molar-refractivity contribution in [2.75, 3.05) is 33.1 Å². The van der Waals surface area contributed by atoms with Crippen LogP contribution in [-0.4, -0.2) is 88.6 Å². The van der Waals surface area contributed by atoms with E-state index in [1.165, 1.54) is 0 Å². The number of hydrogen-bond donors (Lipinski definition) is 4. The van der Waals surface area contributed by atoms with Gasteiger partial charge in [0, 0.05) is 37.3 Å². The first kappa shape index (κ1) is 30.2. The quantitative estimate of drug-likeness (QED) is 0.390. The van der Waals surface area contributed by atoms with Crippen LogP contribution in [-0.2, 0) is 27.2 Å². The van der Waals surface area contributed by atoms with Crippen LogP contribution in [0.25, 0.3) is 5.76 Å². The van der Waals surface area contributed by atoms with Crippen molar-refractivity contribution in [3.05, 3.63) is 28.3 Å². The Kier molecular flexibility index (Phi) is 7.75. The molecule has 1 aromatic carbocycles. The highest BCUT2D eigenvalue weighted by Gasteiger charge is 2.67. The fourth-order valence-electron chi connectivity index (χ4n) is 7.23. The Morgan fingerprint density at radius 2 is 1.75 bits per heavy atom. The van der Waals surface area contributed by atoms with Gasteiger partial charge in [0.1, 0.15) is 23.2 Å². The molecule has 2 fully saturated rings. The molecule has 2 unspecified atom stereocenters. The number of likely N-dealkylation sites (N-methyl/N-ethyl adjacent to an activating group) is 1. The number of aliphatic hydroxyl groups is 3. The standard InChI is InChI=1S/C31H44N2O7/c1-15(34)21-27(37)24(33(7)8)19-13-17-12-18-20(32(5)6)14-16(10-9-11-30(2,3)4)25(35)23(18)26(36)22(17)29(39)31(19,40)28(21)38/h14,17,19,21,24,27,35-37,40H,9-13H2,1-8H3/t17-,19-,21?,24-,27?,31+/m0/s1. The molecule has 6 atom stereocenters. The van der Waals surface area contributed by atoms with Crippen LogP contribution in [0.5, 0.6) is 5.75 Å². The average Bonchev–Trinajstić information content (AvgIpc) is 2.81. The lowest BCUT2D eigenvalue weighted by Crippen LogP contribution is -2.72. The van der Waals surface area contributed by atoms with E-state index in [0.29, 0.717) is 24.0 Å². The van der Waals surface area contributed by atoms with Gasteiger partial charge in [-0.1, -0.05) is 20.8 Å². The van der Waals surface area contributed by atoms with Crippen LogP contribution in [0.2, 0.25) is 0 Å². The number of carbonyl (C=O) groups excluding carboxylic acids is 3. The summed E-state index contributed by atoms with van der Waals surface area (Å²) in [6, 6.07) is 1.10. The third-order valence-corrected chi connectivity index (χ3v) is 9.13. The number of hydrogen-bond acceptors (Lipinski definition) is 9. The molecule has 3 aliphatic carbocycles. The van der Waals surface area contributed by atoms with Crippen LogP contribution in [0, 0.1) is 23.2 Å². The number of aryl methyl sites for hydroxylation is 1. The molecule has 9 nitrogen and oxygen atoms in total. The molecule has 4 rings (SSSR count). The van der Waals surface area contributed by atoms with Gasteiger partial charge >= 0.3 is 0 Å². The van der Waals surface area contributed by atoms with Gasteiger partial charge in [-0.05, 0) is 81.6 Å². The van der Waals surface area contributed by atoms with Gasteiger partial charge in [-0.3, -0.25) is 14.4 Å². The van der Waals surface area contributed by atoms with E-state index in [1.54, 1.807) is 19.0 Å². The summed E-state index contributed by atoms with van der Waals surface area (Å²) in [6.45, 7) is 7.61. The van der Waals surface area contributed by atoms with Gasteiger partial charge in [-0.15, -0.1) is 0 Å². The number of ketones is 3. The van der Waals surface area contributed by atoms with Crippen LogP contribution in [0.3, 0.4) is 0 Å². The summed E-state index contributed by atoms with van der Waals surface area (Å²) in [7, 11) is 7.11. The summed E-state index contributed by atoms with van der Waals surface area (Å²) in [4.78, 5) is 43.7. The Labute approximate surface area is 236 Å². The number of rotatable bonds is 6. The monoisotopic (exact) mass is 556 g/mol. The Bertz CT molecular complexity index is 1280. The van der Waals surface area contributed by atoms with Crippen molar-refractivity contribution in [2.45, 2.75) is 77.5 Å². The minimum Gasteiger partial charge on any atom is -0.507 e. The number of benzene rings is 1. The van der Waals surface area contributed by atoms with E-state index in [-0.39, 0.29) is 28.7 Å². The molecular formula is C31H44N2O7. The van der Waals surface area contributed by atoms with E-state index in [1.807, 2.05) is 25.1 Å². The average molecular weight is 557 g/mol. The number of aliphatic hydroxyl groups excluding tert-OH is 2. The molecule has 2 saturated carbocycles. The van der Waals surface area contributed by atoms with Crippen molar-refractivity contribution in [3.8, 4) is 5.75 Å². The van der Waals surface area contributed by atoms with Crippen LogP contribution >= 0.6 is 0 Å². The Morgan fingerprint density at radius 1 is 1.12 bits per heavy atom. The summed E-state index contributed by atoms with van der Waals surface area (Å²) in [5, 5.41) is 45.9. The van der Waals surface area contributed by atoms with Crippen LogP contribution in [0.15, 0.2) is 11.6 Å². The molecule has 9 heteroatoms. The maximum absolute atomic E-state index is 14.1. The Balaban J connectivity index is 1.88. The van der Waals surface area contributed by atoms with Crippen molar-refractivity contribution in [1.29, 1.82) is 0 Å². The van der Waals surface area contributed by atoms with Crippen molar-refractivity contribution < 1.29 is 34.8 Å². The Morgan fingerprint density at radius 3 is 2.27 bits per heavy atom. The van der Waals surface area contributed by atoms with Crippen LogP contribution < -0.4 is 4.90 Å². The molecule has 0 spiro atoms. The second kappa shape index (κ2) is 10.3. The predicted octanol–water partition coefficient (Wildman–Crippen LogP) is 2.67. The van der Waals surface area contributed by atoms with E-state index in [2.05, 4.69) is 20.8 Å². The lowest BCUT2D eigenvalue weighted by molar-refractivity contribution is -0.184. The van der Waals surface area contributed by atoms with Crippen molar-refractivity contribution in [3.63, 3.8) is 0 Å². The molecule has 220 valence electrons. The molecule has 0 saturated heterocycles. The summed E-state index contributed by atoms with van der Waals surface area (Å²) in [5.41, 5.74) is -0.231. The number of aromatic hydroxyl groups is 1. The summed E-state index contributed by atoms with van der Waals surface area (Å²) < 4.78 is 0. The van der Waals surface area contributed by atoms with E-state index in [4.69, 9.17) is 0 Å². The van der Waals surface area contributed by atoms with Gasteiger partial charge in [-0.25, -0.2) is 0 Å². The van der Waals surface area contributed by atoms with Crippen LogP contribution in [0.1, 0.15) is 63.6 Å². The highest BCUT2D eigenvalue weighted by atomic mass is 16.3. The maximum Gasteiger partial charge on any atom is 0.202 e. The third-order valence-electron chi connectivity index (χ3n) is 9.13. The second-order valence-corrected chi connectivity index (χ2v) is 13.6. The number of phenols is 1. The van der Waals surface area contributed by atoms with Crippen molar-refractivity contribution in [2.24, 2.45) is 23.2 Å². The molecule has 40 heavy (non-hydrogen) atoms. The lowest BCUT2D eigenvalue weighted by Gasteiger charge is -2.54. The van der Waals surface area contributed by atoms with Crippen molar-refractivity contribution in [1.82, 2.24) is 4.90 Å². The number of nitrogens with zero attached hydrogens (tertiary/aromatic N) is 2. The SMILES string of the molecule is CC(=O)C1C(=O)[C@@]2(O)C(=O)C3=C(O)c4c(O)c(CCCC(C)(C)C)cc(N(C)C)c4C[C@H]3C[C@H]2[C@H](N(C)C)C1O. The normalized spacial score (nSPS) is 30.2.